The molecule has 0 saturated heterocycles. The minimum Gasteiger partial charge on any atom is -0.394 e. The smallest absolute Gasteiger partial charge is 0.0661 e. The molecule has 0 unspecified atom stereocenters. The Morgan fingerprint density at radius 2 is 1.78 bits per heavy atom. The van der Waals surface area contributed by atoms with Crippen LogP contribution in [-0.4, -0.2) is 17.3 Å². The summed E-state index contributed by atoms with van der Waals surface area (Å²) in [5.41, 5.74) is 2.30. The highest BCUT2D eigenvalue weighted by Crippen LogP contribution is 2.29. The van der Waals surface area contributed by atoms with Crippen molar-refractivity contribution >= 4 is 5.69 Å². The van der Waals surface area contributed by atoms with Gasteiger partial charge in [0.1, 0.15) is 0 Å². The van der Waals surface area contributed by atoms with Gasteiger partial charge in [-0.05, 0) is 37.5 Å². The predicted molar refractivity (Wildman–Crippen MR) is 76.9 cm³/mol. The Morgan fingerprint density at radius 3 is 2.39 bits per heavy atom. The number of aryl methyl sites for hydroxylation is 1. The number of anilines is 1. The Bertz CT molecular complexity index is 367. The largest absolute Gasteiger partial charge is 0.394 e. The molecule has 0 bridgehead atoms. The molecule has 1 aromatic carbocycles. The van der Waals surface area contributed by atoms with Crippen LogP contribution in [0.5, 0.6) is 0 Å². The van der Waals surface area contributed by atoms with Gasteiger partial charge in [-0.15, -0.1) is 0 Å². The highest BCUT2D eigenvalue weighted by molar-refractivity contribution is 5.47. The van der Waals surface area contributed by atoms with Crippen LogP contribution in [0.15, 0.2) is 24.3 Å². The third kappa shape index (κ3) is 3.49. The van der Waals surface area contributed by atoms with E-state index in [1.165, 1.54) is 37.7 Å². The van der Waals surface area contributed by atoms with Crippen LogP contribution in [0.1, 0.15) is 50.5 Å². The molecule has 1 fully saturated rings. The molecule has 0 aromatic heterocycles. The lowest BCUT2D eigenvalue weighted by Crippen LogP contribution is -2.42. The van der Waals surface area contributed by atoms with Crippen LogP contribution in [0.4, 0.5) is 5.69 Å². The van der Waals surface area contributed by atoms with Crippen LogP contribution < -0.4 is 5.32 Å². The number of hydrogen-bond donors (Lipinski definition) is 2. The molecule has 0 amide bonds. The third-order valence-corrected chi connectivity index (χ3v) is 4.04. The van der Waals surface area contributed by atoms with Gasteiger partial charge in [0.15, 0.2) is 0 Å². The maximum Gasteiger partial charge on any atom is 0.0661 e. The van der Waals surface area contributed by atoms with Crippen LogP contribution >= 0.6 is 0 Å². The first-order chi connectivity index (χ1) is 8.74. The number of benzene rings is 1. The minimum absolute atomic E-state index is 0.103. The van der Waals surface area contributed by atoms with Crippen molar-refractivity contribution in [2.24, 2.45) is 0 Å². The maximum absolute atomic E-state index is 9.83. The quantitative estimate of drug-likeness (QED) is 0.849. The van der Waals surface area contributed by atoms with Gasteiger partial charge in [0, 0.05) is 5.69 Å². The van der Waals surface area contributed by atoms with Gasteiger partial charge >= 0.3 is 0 Å². The molecule has 0 heterocycles. The topological polar surface area (TPSA) is 32.3 Å². The van der Waals surface area contributed by atoms with E-state index < -0.39 is 0 Å². The number of nitrogens with one attached hydrogen (secondary N) is 1. The van der Waals surface area contributed by atoms with Crippen molar-refractivity contribution in [1.82, 2.24) is 0 Å². The molecule has 100 valence electrons. The molecule has 0 atom stereocenters. The van der Waals surface area contributed by atoms with Gasteiger partial charge in [-0.25, -0.2) is 0 Å². The molecule has 0 aliphatic heterocycles. The lowest BCUT2D eigenvalue weighted by Gasteiger charge is -2.36. The summed E-state index contributed by atoms with van der Waals surface area (Å²) in [6.07, 6.45) is 8.56. The molecule has 2 heteroatoms. The monoisotopic (exact) mass is 247 g/mol. The van der Waals surface area contributed by atoms with E-state index in [4.69, 9.17) is 0 Å². The SMILES string of the molecule is Cc1cccc(NC2(CO)CCCCCCC2)c1. The number of rotatable bonds is 3. The Morgan fingerprint density at radius 1 is 1.11 bits per heavy atom. The van der Waals surface area contributed by atoms with Crippen molar-refractivity contribution in [3.8, 4) is 0 Å². The standard InChI is InChI=1S/C16H25NO/c1-14-8-7-9-15(12-14)17-16(13-18)10-5-3-2-4-6-11-16/h7-9,12,17-18H,2-6,10-11,13H2,1H3. The zero-order valence-corrected chi connectivity index (χ0v) is 11.4. The van der Waals surface area contributed by atoms with E-state index in [1.807, 2.05) is 0 Å². The normalized spacial score (nSPS) is 19.9. The third-order valence-electron chi connectivity index (χ3n) is 4.04. The second-order valence-electron chi connectivity index (χ2n) is 5.70. The van der Waals surface area contributed by atoms with Crippen molar-refractivity contribution < 1.29 is 5.11 Å². The first-order valence-corrected chi connectivity index (χ1v) is 7.20. The lowest BCUT2D eigenvalue weighted by molar-refractivity contribution is 0.182. The zero-order chi connectivity index (χ0) is 12.8. The van der Waals surface area contributed by atoms with Gasteiger partial charge in [0.05, 0.1) is 12.1 Å². The zero-order valence-electron chi connectivity index (χ0n) is 11.4. The lowest BCUT2D eigenvalue weighted by atomic mass is 9.84. The van der Waals surface area contributed by atoms with E-state index in [9.17, 15) is 5.11 Å². The van der Waals surface area contributed by atoms with Crippen molar-refractivity contribution in [3.63, 3.8) is 0 Å². The van der Waals surface area contributed by atoms with Gasteiger partial charge < -0.3 is 10.4 Å². The van der Waals surface area contributed by atoms with Gasteiger partial charge in [0.25, 0.3) is 0 Å². The summed E-state index contributed by atoms with van der Waals surface area (Å²) in [4.78, 5) is 0. The Balaban J connectivity index is 2.10. The Hall–Kier alpha value is -1.02. The predicted octanol–water partition coefficient (Wildman–Crippen LogP) is 3.88. The summed E-state index contributed by atoms with van der Waals surface area (Å²) in [5, 5.41) is 13.4. The average Bonchev–Trinajstić information content (AvgIpc) is 2.33. The average molecular weight is 247 g/mol. The molecule has 2 rings (SSSR count). The molecule has 1 aliphatic carbocycles. The highest BCUT2D eigenvalue weighted by Gasteiger charge is 2.29. The molecule has 0 spiro atoms. The summed E-state index contributed by atoms with van der Waals surface area (Å²) in [5.74, 6) is 0. The van der Waals surface area contributed by atoms with Gasteiger partial charge in [-0.1, -0.05) is 44.2 Å². The van der Waals surface area contributed by atoms with Crippen molar-refractivity contribution in [3.05, 3.63) is 29.8 Å². The van der Waals surface area contributed by atoms with Crippen molar-refractivity contribution in [2.45, 2.75) is 57.4 Å². The summed E-state index contributed by atoms with van der Waals surface area (Å²) >= 11 is 0. The van der Waals surface area contributed by atoms with E-state index >= 15 is 0 Å². The molecular weight excluding hydrogens is 222 g/mol. The maximum atomic E-state index is 9.83. The first kappa shape index (κ1) is 13.4. The van der Waals surface area contributed by atoms with Crippen LogP contribution in [0.2, 0.25) is 0 Å². The van der Waals surface area contributed by atoms with Gasteiger partial charge in [-0.3, -0.25) is 0 Å². The van der Waals surface area contributed by atoms with Crippen molar-refractivity contribution in [2.75, 3.05) is 11.9 Å². The fourth-order valence-electron chi connectivity index (χ4n) is 2.93. The summed E-state index contributed by atoms with van der Waals surface area (Å²) < 4.78 is 0. The van der Waals surface area contributed by atoms with E-state index in [0.717, 1.165) is 18.5 Å². The van der Waals surface area contributed by atoms with Gasteiger partial charge in [0.2, 0.25) is 0 Å². The van der Waals surface area contributed by atoms with Crippen molar-refractivity contribution in [1.29, 1.82) is 0 Å². The summed E-state index contributed by atoms with van der Waals surface area (Å²) in [7, 11) is 0. The molecule has 1 aromatic rings. The number of aliphatic hydroxyl groups excluding tert-OH is 1. The fraction of sp³-hybridized carbons (Fsp3) is 0.625. The number of hydrogen-bond acceptors (Lipinski definition) is 2. The molecule has 1 aliphatic rings. The van der Waals surface area contributed by atoms with Crippen LogP contribution in [0, 0.1) is 6.92 Å². The van der Waals surface area contributed by atoms with E-state index in [2.05, 4.69) is 36.5 Å². The molecule has 2 N–H and O–H groups in total. The Labute approximate surface area is 110 Å². The molecule has 0 radical (unpaired) electrons. The molecule has 18 heavy (non-hydrogen) atoms. The minimum atomic E-state index is -0.103. The summed E-state index contributed by atoms with van der Waals surface area (Å²) in [6.45, 7) is 2.34. The van der Waals surface area contributed by atoms with Gasteiger partial charge in [-0.2, -0.15) is 0 Å². The van der Waals surface area contributed by atoms with Crippen LogP contribution in [-0.2, 0) is 0 Å². The first-order valence-electron chi connectivity index (χ1n) is 7.20. The van der Waals surface area contributed by atoms with Crippen LogP contribution in [0.25, 0.3) is 0 Å². The second kappa shape index (κ2) is 6.24. The summed E-state index contributed by atoms with van der Waals surface area (Å²) in [6, 6.07) is 8.44. The second-order valence-corrected chi connectivity index (χ2v) is 5.70. The van der Waals surface area contributed by atoms with E-state index in [0.29, 0.717) is 0 Å². The molecule has 2 nitrogen and oxygen atoms in total. The fourth-order valence-corrected chi connectivity index (χ4v) is 2.93. The molecule has 1 saturated carbocycles. The highest BCUT2D eigenvalue weighted by atomic mass is 16.3. The molecular formula is C16H25NO. The van der Waals surface area contributed by atoms with E-state index in [1.54, 1.807) is 0 Å². The number of aliphatic hydroxyl groups is 1. The van der Waals surface area contributed by atoms with Crippen LogP contribution in [0.3, 0.4) is 0 Å². The Kier molecular flexibility index (Phi) is 4.65. The van der Waals surface area contributed by atoms with E-state index in [-0.39, 0.29) is 12.1 Å².